The predicted octanol–water partition coefficient (Wildman–Crippen LogP) is 2.54. The first-order valence-corrected chi connectivity index (χ1v) is 7.21. The molecule has 0 radical (unpaired) electrons. The van der Waals surface area contributed by atoms with Gasteiger partial charge >= 0.3 is 6.09 Å². The average molecular weight is 292 g/mol. The van der Waals surface area contributed by atoms with Crippen LogP contribution in [0.1, 0.15) is 31.9 Å². The van der Waals surface area contributed by atoms with Crippen LogP contribution in [0, 0.1) is 0 Å². The third-order valence-electron chi connectivity index (χ3n) is 3.37. The summed E-state index contributed by atoms with van der Waals surface area (Å²) in [7, 11) is 1.65. The van der Waals surface area contributed by atoms with Crippen molar-refractivity contribution in [1.29, 1.82) is 0 Å². The Balaban J connectivity index is 2.12. The highest BCUT2D eigenvalue weighted by molar-refractivity contribution is 5.69. The predicted molar refractivity (Wildman–Crippen MR) is 81.3 cm³/mol. The molecule has 1 heterocycles. The van der Waals surface area contributed by atoms with Crippen molar-refractivity contribution in [1.82, 2.24) is 10.2 Å². The van der Waals surface area contributed by atoms with Gasteiger partial charge in [-0.05, 0) is 38.5 Å². The van der Waals surface area contributed by atoms with E-state index < -0.39 is 0 Å². The highest BCUT2D eigenvalue weighted by Gasteiger charge is 2.23. The SMILES string of the molecule is COc1ccc(CNC(C)(C)C)cc1CN1CCOC1=O. The van der Waals surface area contributed by atoms with Crippen molar-refractivity contribution in [2.24, 2.45) is 0 Å². The fourth-order valence-corrected chi connectivity index (χ4v) is 2.21. The zero-order chi connectivity index (χ0) is 15.5. The van der Waals surface area contributed by atoms with Crippen molar-refractivity contribution in [3.05, 3.63) is 29.3 Å². The lowest BCUT2D eigenvalue weighted by Crippen LogP contribution is -2.35. The molecule has 0 atom stereocenters. The van der Waals surface area contributed by atoms with Gasteiger partial charge in [0.1, 0.15) is 12.4 Å². The van der Waals surface area contributed by atoms with E-state index in [0.29, 0.717) is 19.7 Å². The number of ether oxygens (including phenoxy) is 2. The maximum Gasteiger partial charge on any atom is 0.410 e. The monoisotopic (exact) mass is 292 g/mol. The van der Waals surface area contributed by atoms with Crippen LogP contribution in [0.5, 0.6) is 5.75 Å². The van der Waals surface area contributed by atoms with Gasteiger partial charge in [-0.3, -0.25) is 0 Å². The third kappa shape index (κ3) is 4.36. The molecule has 1 N–H and O–H groups in total. The van der Waals surface area contributed by atoms with E-state index in [4.69, 9.17) is 9.47 Å². The molecule has 0 spiro atoms. The summed E-state index contributed by atoms with van der Waals surface area (Å²) in [5.74, 6) is 0.800. The van der Waals surface area contributed by atoms with Gasteiger partial charge in [0, 0.05) is 17.6 Å². The minimum Gasteiger partial charge on any atom is -0.496 e. The molecule has 0 aliphatic carbocycles. The van der Waals surface area contributed by atoms with Crippen LogP contribution in [0.15, 0.2) is 18.2 Å². The number of nitrogens with zero attached hydrogens (tertiary/aromatic N) is 1. The Morgan fingerprint density at radius 2 is 2.14 bits per heavy atom. The van der Waals surface area contributed by atoms with Crippen molar-refractivity contribution in [2.45, 2.75) is 39.4 Å². The zero-order valence-electron chi connectivity index (χ0n) is 13.2. The minimum atomic E-state index is -0.254. The second-order valence-electron chi connectivity index (χ2n) is 6.29. The van der Waals surface area contributed by atoms with Crippen molar-refractivity contribution >= 4 is 6.09 Å². The number of amides is 1. The number of nitrogens with one attached hydrogen (secondary N) is 1. The summed E-state index contributed by atoms with van der Waals surface area (Å²) in [6, 6.07) is 6.09. The molecule has 1 fully saturated rings. The van der Waals surface area contributed by atoms with Gasteiger partial charge in [0.2, 0.25) is 0 Å². The number of hydrogen-bond donors (Lipinski definition) is 1. The van der Waals surface area contributed by atoms with Crippen LogP contribution < -0.4 is 10.1 Å². The Kier molecular flexibility index (Phi) is 4.73. The molecule has 0 bridgehead atoms. The smallest absolute Gasteiger partial charge is 0.410 e. The molecule has 0 aromatic heterocycles. The van der Waals surface area contributed by atoms with E-state index in [1.165, 1.54) is 5.56 Å². The molecule has 2 rings (SSSR count). The van der Waals surface area contributed by atoms with Crippen LogP contribution in [0.2, 0.25) is 0 Å². The van der Waals surface area contributed by atoms with E-state index in [1.54, 1.807) is 12.0 Å². The number of cyclic esters (lactones) is 1. The van der Waals surface area contributed by atoms with Gasteiger partial charge in [0.05, 0.1) is 20.2 Å². The van der Waals surface area contributed by atoms with Gasteiger partial charge in [-0.1, -0.05) is 6.07 Å². The highest BCUT2D eigenvalue weighted by atomic mass is 16.6. The van der Waals surface area contributed by atoms with Crippen LogP contribution in [-0.4, -0.2) is 36.8 Å². The van der Waals surface area contributed by atoms with Gasteiger partial charge in [0.25, 0.3) is 0 Å². The molecule has 1 aliphatic rings. The van der Waals surface area contributed by atoms with Crippen LogP contribution in [0.3, 0.4) is 0 Å². The number of methoxy groups -OCH3 is 1. The highest BCUT2D eigenvalue weighted by Crippen LogP contribution is 2.23. The molecule has 0 unspecified atom stereocenters. The number of benzene rings is 1. The topological polar surface area (TPSA) is 50.8 Å². The number of carbonyl (C=O) groups excluding carboxylic acids is 1. The molecule has 5 heteroatoms. The van der Waals surface area contributed by atoms with Crippen LogP contribution in [0.25, 0.3) is 0 Å². The molecular weight excluding hydrogens is 268 g/mol. The molecule has 1 aromatic rings. The Bertz CT molecular complexity index is 509. The summed E-state index contributed by atoms with van der Waals surface area (Å²) in [5.41, 5.74) is 2.25. The largest absolute Gasteiger partial charge is 0.496 e. The Hall–Kier alpha value is -1.75. The second kappa shape index (κ2) is 6.35. The molecule has 1 amide bonds. The summed E-state index contributed by atoms with van der Waals surface area (Å²) in [6.07, 6.45) is -0.254. The van der Waals surface area contributed by atoms with Gasteiger partial charge in [0.15, 0.2) is 0 Å². The summed E-state index contributed by atoms with van der Waals surface area (Å²) >= 11 is 0. The maximum absolute atomic E-state index is 11.6. The lowest BCUT2D eigenvalue weighted by atomic mass is 10.1. The van der Waals surface area contributed by atoms with Gasteiger partial charge in [-0.15, -0.1) is 0 Å². The van der Waals surface area contributed by atoms with Crippen LogP contribution in [-0.2, 0) is 17.8 Å². The number of rotatable bonds is 5. The minimum absolute atomic E-state index is 0.0683. The van der Waals surface area contributed by atoms with Crippen molar-refractivity contribution < 1.29 is 14.3 Å². The first kappa shape index (κ1) is 15.6. The lowest BCUT2D eigenvalue weighted by Gasteiger charge is -2.21. The van der Waals surface area contributed by atoms with Gasteiger partial charge < -0.3 is 19.7 Å². The van der Waals surface area contributed by atoms with E-state index in [9.17, 15) is 4.79 Å². The summed E-state index contributed by atoms with van der Waals surface area (Å²) in [4.78, 5) is 13.3. The zero-order valence-corrected chi connectivity index (χ0v) is 13.2. The van der Waals surface area contributed by atoms with E-state index in [2.05, 4.69) is 32.2 Å². The lowest BCUT2D eigenvalue weighted by molar-refractivity contribution is 0.157. The van der Waals surface area contributed by atoms with Crippen LogP contribution in [0.4, 0.5) is 4.79 Å². The van der Waals surface area contributed by atoms with Gasteiger partial charge in [-0.2, -0.15) is 0 Å². The quantitative estimate of drug-likeness (QED) is 0.906. The van der Waals surface area contributed by atoms with Gasteiger partial charge in [-0.25, -0.2) is 4.79 Å². The van der Waals surface area contributed by atoms with Crippen molar-refractivity contribution in [3.63, 3.8) is 0 Å². The fraction of sp³-hybridized carbons (Fsp3) is 0.562. The Labute approximate surface area is 126 Å². The standard InChI is InChI=1S/C16H24N2O3/c1-16(2,3)17-10-12-5-6-14(20-4)13(9-12)11-18-7-8-21-15(18)19/h5-6,9,17H,7-8,10-11H2,1-4H3. The van der Waals surface area contributed by atoms with E-state index >= 15 is 0 Å². The van der Waals surface area contributed by atoms with Crippen molar-refractivity contribution in [3.8, 4) is 5.75 Å². The molecule has 1 saturated heterocycles. The fourth-order valence-electron chi connectivity index (χ4n) is 2.21. The van der Waals surface area contributed by atoms with E-state index in [-0.39, 0.29) is 11.6 Å². The number of hydrogen-bond acceptors (Lipinski definition) is 4. The third-order valence-corrected chi connectivity index (χ3v) is 3.37. The Morgan fingerprint density at radius 1 is 1.38 bits per heavy atom. The molecule has 21 heavy (non-hydrogen) atoms. The Morgan fingerprint density at radius 3 is 2.71 bits per heavy atom. The summed E-state index contributed by atoms with van der Waals surface area (Å²) in [5, 5.41) is 3.46. The second-order valence-corrected chi connectivity index (χ2v) is 6.29. The molecular formula is C16H24N2O3. The first-order valence-electron chi connectivity index (χ1n) is 7.21. The van der Waals surface area contributed by atoms with Crippen molar-refractivity contribution in [2.75, 3.05) is 20.3 Å². The summed E-state index contributed by atoms with van der Waals surface area (Å²) < 4.78 is 10.4. The molecule has 0 saturated carbocycles. The van der Waals surface area contributed by atoms with Crippen LogP contribution >= 0.6 is 0 Å². The first-order chi connectivity index (χ1) is 9.89. The van der Waals surface area contributed by atoms with E-state index in [0.717, 1.165) is 17.9 Å². The summed E-state index contributed by atoms with van der Waals surface area (Å²) in [6.45, 7) is 8.81. The molecule has 116 valence electrons. The molecule has 5 nitrogen and oxygen atoms in total. The molecule has 1 aromatic carbocycles. The normalized spacial score (nSPS) is 15.2. The molecule has 1 aliphatic heterocycles. The maximum atomic E-state index is 11.6. The van der Waals surface area contributed by atoms with E-state index in [1.807, 2.05) is 12.1 Å². The average Bonchev–Trinajstić information content (AvgIpc) is 2.81. The number of carbonyl (C=O) groups is 1.